The van der Waals surface area contributed by atoms with Gasteiger partial charge in [-0.25, -0.2) is 0 Å². The fourth-order valence-corrected chi connectivity index (χ4v) is 2.51. The Labute approximate surface area is 105 Å². The quantitative estimate of drug-likeness (QED) is 0.640. The van der Waals surface area contributed by atoms with Crippen molar-refractivity contribution in [3.05, 3.63) is 37.5 Å². The Hall–Kier alpha value is -0.160. The van der Waals surface area contributed by atoms with E-state index in [1.165, 1.54) is 14.5 Å². The lowest BCUT2D eigenvalue weighted by atomic mass is 10.1. The monoisotopic (exact) mass is 361 g/mol. The summed E-state index contributed by atoms with van der Waals surface area (Å²) in [5.74, 6) is 0. The van der Waals surface area contributed by atoms with Crippen molar-refractivity contribution in [1.82, 2.24) is 4.98 Å². The van der Waals surface area contributed by atoms with E-state index in [1.54, 1.807) is 0 Å². The van der Waals surface area contributed by atoms with E-state index in [2.05, 4.69) is 68.6 Å². The van der Waals surface area contributed by atoms with Crippen LogP contribution < -0.4 is 0 Å². The average Bonchev–Trinajstić information content (AvgIpc) is 2.14. The van der Waals surface area contributed by atoms with Gasteiger partial charge in [-0.05, 0) is 70.1 Å². The van der Waals surface area contributed by atoms with E-state index >= 15 is 0 Å². The van der Waals surface area contributed by atoms with Gasteiger partial charge in [-0.3, -0.25) is 4.98 Å². The molecule has 2 aromatic rings. The van der Waals surface area contributed by atoms with E-state index in [-0.39, 0.29) is 0 Å². The first-order valence-electron chi connectivity index (χ1n) is 4.31. The number of nitrogens with zero attached hydrogens (tertiary/aromatic N) is 1. The van der Waals surface area contributed by atoms with Crippen LogP contribution in [0.1, 0.15) is 11.3 Å². The van der Waals surface area contributed by atoms with Gasteiger partial charge in [0.2, 0.25) is 0 Å². The highest BCUT2D eigenvalue weighted by atomic mass is 127. The summed E-state index contributed by atoms with van der Waals surface area (Å²) in [5, 5.41) is 1.19. The van der Waals surface area contributed by atoms with Gasteiger partial charge in [0.15, 0.2) is 0 Å². The van der Waals surface area contributed by atoms with Gasteiger partial charge >= 0.3 is 0 Å². The minimum Gasteiger partial charge on any atom is -0.253 e. The number of hydrogen-bond donors (Lipinski definition) is 0. The molecule has 0 atom stereocenters. The Kier molecular flexibility index (Phi) is 2.79. The highest BCUT2D eigenvalue weighted by Gasteiger charge is 2.06. The number of aryl methyl sites for hydroxylation is 1. The van der Waals surface area contributed by atoms with Crippen LogP contribution in [-0.4, -0.2) is 4.98 Å². The van der Waals surface area contributed by atoms with Gasteiger partial charge in [0.25, 0.3) is 0 Å². The Morgan fingerprint density at radius 2 is 2.00 bits per heavy atom. The second-order valence-corrected chi connectivity index (χ2v) is 5.34. The average molecular weight is 362 g/mol. The maximum atomic E-state index is 4.56. The molecule has 1 aromatic heterocycles. The van der Waals surface area contributed by atoms with Gasteiger partial charge in [-0.1, -0.05) is 6.07 Å². The molecule has 0 radical (unpaired) electrons. The highest BCUT2D eigenvalue weighted by molar-refractivity contribution is 14.1. The first kappa shape index (κ1) is 10.4. The predicted octanol–water partition coefficient (Wildman–Crippen LogP) is 4.22. The predicted molar refractivity (Wildman–Crippen MR) is 71.6 cm³/mol. The summed E-state index contributed by atoms with van der Waals surface area (Å²) in [7, 11) is 0. The first-order chi connectivity index (χ1) is 6.59. The van der Waals surface area contributed by atoms with Crippen molar-refractivity contribution < 1.29 is 0 Å². The molecule has 0 bridgehead atoms. The van der Waals surface area contributed by atoms with Crippen molar-refractivity contribution in [2.45, 2.75) is 13.8 Å². The van der Waals surface area contributed by atoms with E-state index in [0.717, 1.165) is 15.7 Å². The van der Waals surface area contributed by atoms with Crippen LogP contribution in [-0.2, 0) is 0 Å². The van der Waals surface area contributed by atoms with Gasteiger partial charge < -0.3 is 0 Å². The zero-order valence-electron chi connectivity index (χ0n) is 7.94. The molecule has 0 amide bonds. The molecule has 0 N–H and O–H groups in total. The highest BCUT2D eigenvalue weighted by Crippen LogP contribution is 2.28. The van der Waals surface area contributed by atoms with E-state index < -0.39 is 0 Å². The number of hydrogen-bond acceptors (Lipinski definition) is 1. The lowest BCUT2D eigenvalue weighted by Gasteiger charge is -2.07. The second-order valence-electron chi connectivity index (χ2n) is 3.30. The van der Waals surface area contributed by atoms with Crippen molar-refractivity contribution in [3.8, 4) is 0 Å². The van der Waals surface area contributed by atoms with Crippen LogP contribution in [0.15, 0.2) is 22.7 Å². The zero-order valence-corrected chi connectivity index (χ0v) is 11.7. The van der Waals surface area contributed by atoms with E-state index in [1.807, 2.05) is 6.92 Å². The van der Waals surface area contributed by atoms with Crippen molar-refractivity contribution in [2.75, 3.05) is 0 Å². The van der Waals surface area contributed by atoms with E-state index in [4.69, 9.17) is 0 Å². The number of rotatable bonds is 0. The van der Waals surface area contributed by atoms with Crippen molar-refractivity contribution >= 4 is 49.4 Å². The Morgan fingerprint density at radius 3 is 2.71 bits per heavy atom. The van der Waals surface area contributed by atoms with Crippen LogP contribution in [0, 0.1) is 17.4 Å². The molecule has 0 saturated carbocycles. The standard InChI is InChI=1S/C11H9BrIN/c1-6-7(2)14-10-5-8(13)3-4-9(10)11(6)12/h3-5H,1-2H3. The van der Waals surface area contributed by atoms with E-state index in [0.29, 0.717) is 0 Å². The number of halogens is 2. The van der Waals surface area contributed by atoms with Crippen LogP contribution in [0.5, 0.6) is 0 Å². The lowest BCUT2D eigenvalue weighted by Crippen LogP contribution is -1.91. The van der Waals surface area contributed by atoms with Crippen LogP contribution >= 0.6 is 38.5 Å². The van der Waals surface area contributed by atoms with Crippen LogP contribution in [0.25, 0.3) is 10.9 Å². The van der Waals surface area contributed by atoms with Gasteiger partial charge in [0, 0.05) is 19.1 Å². The van der Waals surface area contributed by atoms with Crippen molar-refractivity contribution in [3.63, 3.8) is 0 Å². The fraction of sp³-hybridized carbons (Fsp3) is 0.182. The minimum absolute atomic E-state index is 1.06. The molecule has 0 aliphatic rings. The van der Waals surface area contributed by atoms with E-state index in [9.17, 15) is 0 Å². The maximum Gasteiger partial charge on any atom is 0.0727 e. The molecule has 0 saturated heterocycles. The number of aromatic nitrogens is 1. The zero-order chi connectivity index (χ0) is 10.3. The fourth-order valence-electron chi connectivity index (χ4n) is 1.41. The van der Waals surface area contributed by atoms with Gasteiger partial charge in [0.1, 0.15) is 0 Å². The van der Waals surface area contributed by atoms with Gasteiger partial charge in [0.05, 0.1) is 5.52 Å². The smallest absolute Gasteiger partial charge is 0.0727 e. The molecule has 2 rings (SSSR count). The Morgan fingerprint density at radius 1 is 1.29 bits per heavy atom. The summed E-state index contributed by atoms with van der Waals surface area (Å²) in [6, 6.07) is 6.32. The molecule has 1 nitrogen and oxygen atoms in total. The van der Waals surface area contributed by atoms with Crippen LogP contribution in [0.4, 0.5) is 0 Å². The molecule has 0 fully saturated rings. The molecular weight excluding hydrogens is 353 g/mol. The molecule has 0 spiro atoms. The molecular formula is C11H9BrIN. The van der Waals surface area contributed by atoms with Gasteiger partial charge in [-0.15, -0.1) is 0 Å². The summed E-state index contributed by atoms with van der Waals surface area (Å²) < 4.78 is 2.38. The van der Waals surface area contributed by atoms with Crippen LogP contribution in [0.3, 0.4) is 0 Å². The normalized spacial score (nSPS) is 10.9. The third-order valence-corrected chi connectivity index (χ3v) is 4.05. The molecule has 1 aromatic carbocycles. The molecule has 1 heterocycles. The molecule has 3 heteroatoms. The second kappa shape index (κ2) is 3.77. The third kappa shape index (κ3) is 1.67. The van der Waals surface area contributed by atoms with Crippen molar-refractivity contribution in [1.29, 1.82) is 0 Å². The number of pyridine rings is 1. The molecule has 72 valence electrons. The Balaban J connectivity index is 2.91. The maximum absolute atomic E-state index is 4.56. The van der Waals surface area contributed by atoms with Crippen molar-refractivity contribution in [2.24, 2.45) is 0 Å². The number of fused-ring (bicyclic) bond motifs is 1. The molecule has 0 aliphatic carbocycles. The topological polar surface area (TPSA) is 12.9 Å². The van der Waals surface area contributed by atoms with Crippen LogP contribution in [0.2, 0.25) is 0 Å². The SMILES string of the molecule is Cc1nc2cc(I)ccc2c(Br)c1C. The molecule has 0 unspecified atom stereocenters. The summed E-state index contributed by atoms with van der Waals surface area (Å²) in [6.45, 7) is 4.13. The molecule has 0 aliphatic heterocycles. The van der Waals surface area contributed by atoms with Gasteiger partial charge in [-0.2, -0.15) is 0 Å². The summed E-state index contributed by atoms with van der Waals surface area (Å²) in [4.78, 5) is 4.56. The summed E-state index contributed by atoms with van der Waals surface area (Å²) >= 11 is 5.92. The number of benzene rings is 1. The third-order valence-electron chi connectivity index (χ3n) is 2.36. The first-order valence-corrected chi connectivity index (χ1v) is 6.18. The largest absolute Gasteiger partial charge is 0.253 e. The summed E-state index contributed by atoms with van der Waals surface area (Å²) in [6.07, 6.45) is 0. The summed E-state index contributed by atoms with van der Waals surface area (Å²) in [5.41, 5.74) is 3.37. The Bertz CT molecular complexity index is 508. The minimum atomic E-state index is 1.06. The molecule has 14 heavy (non-hydrogen) atoms. The lowest BCUT2D eigenvalue weighted by molar-refractivity contribution is 1.18.